The fraction of sp³-hybridized carbons (Fsp3) is 0.212. The summed E-state index contributed by atoms with van der Waals surface area (Å²) in [5, 5.41) is 3.13. The highest BCUT2D eigenvalue weighted by molar-refractivity contribution is 9.10. The van der Waals surface area contributed by atoms with Crippen LogP contribution in [0.15, 0.2) is 106 Å². The van der Waals surface area contributed by atoms with Crippen LogP contribution >= 0.6 is 27.5 Å². The maximum absolute atomic E-state index is 14.4. The lowest BCUT2D eigenvalue weighted by atomic mass is 10.0. The number of carbonyl (C=O) groups excluding carboxylic acids is 2. The fourth-order valence-corrected chi connectivity index (χ4v) is 6.95. The number of nitrogens with zero attached hydrogens (tertiary/aromatic N) is 2. The van der Waals surface area contributed by atoms with Crippen LogP contribution in [0, 0.1) is 13.8 Å². The van der Waals surface area contributed by atoms with Gasteiger partial charge in [-0.15, -0.1) is 0 Å². The van der Waals surface area contributed by atoms with E-state index < -0.39 is 28.5 Å². The molecule has 0 aliphatic rings. The second-order valence-corrected chi connectivity index (χ2v) is 13.4. The number of rotatable bonds is 11. The Morgan fingerprint density at radius 2 is 1.56 bits per heavy atom. The van der Waals surface area contributed by atoms with E-state index >= 15 is 0 Å². The van der Waals surface area contributed by atoms with Crippen molar-refractivity contribution in [2.24, 2.45) is 0 Å². The smallest absolute Gasteiger partial charge is 0.264 e. The third-order valence-corrected chi connectivity index (χ3v) is 9.58. The molecule has 1 atom stereocenters. The highest BCUT2D eigenvalue weighted by Gasteiger charge is 2.34. The third-order valence-electron chi connectivity index (χ3n) is 7.07. The van der Waals surface area contributed by atoms with Gasteiger partial charge in [0.05, 0.1) is 10.6 Å². The lowest BCUT2D eigenvalue weighted by Gasteiger charge is -2.34. The van der Waals surface area contributed by atoms with Crippen molar-refractivity contribution in [3.8, 4) is 0 Å². The molecule has 4 aromatic rings. The van der Waals surface area contributed by atoms with Crippen LogP contribution in [-0.4, -0.2) is 44.8 Å². The molecule has 4 rings (SSSR count). The van der Waals surface area contributed by atoms with Crippen LogP contribution in [0.2, 0.25) is 5.02 Å². The Kier molecular flexibility index (Phi) is 10.7. The first kappa shape index (κ1) is 32.3. The molecular formula is C33H33BrClN3O4S. The molecule has 0 saturated carbocycles. The standard InChI is InChI=1S/C33H33BrClN3O4S/c1-23-12-15-29(16-13-23)43(41,42)38(30-17-14-28(35)18-24(30)2)22-32(39)37(21-26-10-7-11-27(34)19-26)31(33(40)36-3)20-25-8-5-4-6-9-25/h4-19,31H,20-22H2,1-3H3,(H,36,40). The summed E-state index contributed by atoms with van der Waals surface area (Å²) < 4.78 is 30.2. The number of carbonyl (C=O) groups is 2. The predicted molar refractivity (Wildman–Crippen MR) is 175 cm³/mol. The number of aryl methyl sites for hydroxylation is 2. The molecule has 43 heavy (non-hydrogen) atoms. The zero-order valence-electron chi connectivity index (χ0n) is 24.1. The van der Waals surface area contributed by atoms with Crippen LogP contribution in [0.5, 0.6) is 0 Å². The number of benzene rings is 4. The third kappa shape index (κ3) is 8.04. The summed E-state index contributed by atoms with van der Waals surface area (Å²) in [6.45, 7) is 3.16. The van der Waals surface area contributed by atoms with Crippen LogP contribution in [0.3, 0.4) is 0 Å². The lowest BCUT2D eigenvalue weighted by Crippen LogP contribution is -2.53. The summed E-state index contributed by atoms with van der Waals surface area (Å²) in [7, 11) is -2.67. The maximum Gasteiger partial charge on any atom is 0.264 e. The van der Waals surface area contributed by atoms with Crippen molar-refractivity contribution in [3.05, 3.63) is 129 Å². The molecule has 0 aromatic heterocycles. The molecule has 0 heterocycles. The van der Waals surface area contributed by atoms with Gasteiger partial charge in [-0.3, -0.25) is 13.9 Å². The highest BCUT2D eigenvalue weighted by Crippen LogP contribution is 2.30. The van der Waals surface area contributed by atoms with Crippen LogP contribution < -0.4 is 9.62 Å². The molecule has 1 N–H and O–H groups in total. The highest BCUT2D eigenvalue weighted by atomic mass is 79.9. The van der Waals surface area contributed by atoms with Crippen molar-refractivity contribution in [3.63, 3.8) is 0 Å². The molecule has 1 unspecified atom stereocenters. The number of sulfonamides is 1. The molecule has 2 amide bonds. The Bertz CT molecular complexity index is 1700. The second kappa shape index (κ2) is 14.2. The molecule has 0 bridgehead atoms. The summed E-state index contributed by atoms with van der Waals surface area (Å²) in [5.41, 5.74) is 3.45. The number of nitrogens with one attached hydrogen (secondary N) is 1. The minimum Gasteiger partial charge on any atom is -0.357 e. The largest absolute Gasteiger partial charge is 0.357 e. The molecule has 0 spiro atoms. The molecule has 7 nitrogen and oxygen atoms in total. The summed E-state index contributed by atoms with van der Waals surface area (Å²) in [6.07, 6.45) is 0.241. The van der Waals surface area contributed by atoms with Gasteiger partial charge in [0.2, 0.25) is 11.8 Å². The van der Waals surface area contributed by atoms with E-state index in [1.165, 1.54) is 24.1 Å². The van der Waals surface area contributed by atoms with Gasteiger partial charge in [-0.25, -0.2) is 8.42 Å². The number of hydrogen-bond donors (Lipinski definition) is 1. The van der Waals surface area contributed by atoms with Crippen LogP contribution in [0.25, 0.3) is 0 Å². The van der Waals surface area contributed by atoms with Crippen molar-refractivity contribution in [1.82, 2.24) is 10.2 Å². The van der Waals surface area contributed by atoms with Gasteiger partial charge < -0.3 is 10.2 Å². The molecule has 0 fully saturated rings. The monoisotopic (exact) mass is 681 g/mol. The van der Waals surface area contributed by atoms with Crippen molar-refractivity contribution in [1.29, 1.82) is 0 Å². The van der Waals surface area contributed by atoms with E-state index in [0.717, 1.165) is 25.5 Å². The Labute approximate surface area is 266 Å². The van der Waals surface area contributed by atoms with E-state index in [1.807, 2.05) is 61.5 Å². The van der Waals surface area contributed by atoms with Gasteiger partial charge >= 0.3 is 0 Å². The number of likely N-dealkylation sites (N-methyl/N-ethyl adjacent to an activating group) is 1. The fourth-order valence-electron chi connectivity index (χ4n) is 4.80. The van der Waals surface area contributed by atoms with E-state index in [4.69, 9.17) is 11.6 Å². The maximum atomic E-state index is 14.4. The van der Waals surface area contributed by atoms with Crippen molar-refractivity contribution < 1.29 is 18.0 Å². The Morgan fingerprint density at radius 1 is 0.884 bits per heavy atom. The van der Waals surface area contributed by atoms with Gasteiger partial charge in [-0.2, -0.15) is 0 Å². The summed E-state index contributed by atoms with van der Waals surface area (Å²) in [5.74, 6) is -0.891. The number of anilines is 1. The quantitative estimate of drug-likeness (QED) is 0.201. The Hall–Kier alpha value is -3.66. The molecule has 224 valence electrons. The molecule has 0 radical (unpaired) electrons. The van der Waals surface area contributed by atoms with Crippen LogP contribution in [0.1, 0.15) is 22.3 Å². The van der Waals surface area contributed by atoms with Gasteiger partial charge in [-0.1, -0.05) is 87.7 Å². The van der Waals surface area contributed by atoms with Gasteiger partial charge in [0.15, 0.2) is 0 Å². The first-order chi connectivity index (χ1) is 20.5. The van der Waals surface area contributed by atoms with Crippen LogP contribution in [-0.2, 0) is 32.6 Å². The van der Waals surface area contributed by atoms with Crippen molar-refractivity contribution in [2.75, 3.05) is 17.9 Å². The minimum absolute atomic E-state index is 0.0472. The molecule has 0 saturated heterocycles. The topological polar surface area (TPSA) is 86.8 Å². The van der Waals surface area contributed by atoms with E-state index in [0.29, 0.717) is 16.3 Å². The molecule has 0 aliphatic heterocycles. The predicted octanol–water partition coefficient (Wildman–Crippen LogP) is 6.30. The Morgan fingerprint density at radius 3 is 2.19 bits per heavy atom. The van der Waals surface area contributed by atoms with Gasteiger partial charge in [0, 0.05) is 29.5 Å². The normalized spacial score (nSPS) is 11.9. The van der Waals surface area contributed by atoms with Gasteiger partial charge in [0.25, 0.3) is 10.0 Å². The van der Waals surface area contributed by atoms with E-state index in [2.05, 4.69) is 21.2 Å². The Balaban J connectivity index is 1.81. The average molecular weight is 683 g/mol. The van der Waals surface area contributed by atoms with Gasteiger partial charge in [-0.05, 0) is 73.0 Å². The van der Waals surface area contributed by atoms with E-state index in [-0.39, 0.29) is 23.8 Å². The first-order valence-corrected chi connectivity index (χ1v) is 16.3. The van der Waals surface area contributed by atoms with Gasteiger partial charge in [0.1, 0.15) is 12.6 Å². The summed E-state index contributed by atoms with van der Waals surface area (Å²) in [4.78, 5) is 29.2. The molecule has 10 heteroatoms. The van der Waals surface area contributed by atoms with E-state index in [9.17, 15) is 18.0 Å². The summed E-state index contributed by atoms with van der Waals surface area (Å²) in [6, 6.07) is 27.2. The molecule has 0 aliphatic carbocycles. The zero-order valence-corrected chi connectivity index (χ0v) is 27.3. The SMILES string of the molecule is CNC(=O)C(Cc1ccccc1)N(Cc1cccc(Br)c1)C(=O)CN(c1ccc(Cl)cc1C)S(=O)(=O)c1ccc(C)cc1. The summed E-state index contributed by atoms with van der Waals surface area (Å²) >= 11 is 9.69. The lowest BCUT2D eigenvalue weighted by molar-refractivity contribution is -0.139. The minimum atomic E-state index is -4.19. The number of amides is 2. The van der Waals surface area contributed by atoms with E-state index in [1.54, 1.807) is 37.3 Å². The second-order valence-electron chi connectivity index (χ2n) is 10.2. The van der Waals surface area contributed by atoms with Crippen LogP contribution in [0.4, 0.5) is 5.69 Å². The zero-order chi connectivity index (χ0) is 31.1. The van der Waals surface area contributed by atoms with Crippen molar-refractivity contribution in [2.45, 2.75) is 37.8 Å². The first-order valence-electron chi connectivity index (χ1n) is 13.6. The number of halogens is 2. The average Bonchev–Trinajstić information content (AvgIpc) is 2.98. The molecular weight excluding hydrogens is 650 g/mol. The van der Waals surface area contributed by atoms with Crippen molar-refractivity contribution >= 4 is 55.1 Å². The molecule has 4 aromatic carbocycles. The number of hydrogen-bond acceptors (Lipinski definition) is 4.